The van der Waals surface area contributed by atoms with E-state index in [1.165, 1.54) is 11.3 Å². The summed E-state index contributed by atoms with van der Waals surface area (Å²) in [6.07, 6.45) is 3.58. The molecule has 1 aliphatic carbocycles. The topological polar surface area (TPSA) is 70.6 Å². The third-order valence-electron chi connectivity index (χ3n) is 4.29. The summed E-state index contributed by atoms with van der Waals surface area (Å²) in [6, 6.07) is -0.610. The van der Waals surface area contributed by atoms with Gasteiger partial charge in [-0.1, -0.05) is 33.6 Å². The zero-order valence-electron chi connectivity index (χ0n) is 13.7. The van der Waals surface area contributed by atoms with Gasteiger partial charge in [-0.3, -0.25) is 14.5 Å². The zero-order valence-corrected chi connectivity index (χ0v) is 14.5. The third-order valence-corrected chi connectivity index (χ3v) is 5.60. The highest BCUT2D eigenvalue weighted by atomic mass is 32.1. The number of carbonyl (C=O) groups is 3. The number of aromatic nitrogens is 1. The molecule has 0 bridgehead atoms. The van der Waals surface area contributed by atoms with Crippen molar-refractivity contribution in [1.29, 1.82) is 0 Å². The van der Waals surface area contributed by atoms with Crippen molar-refractivity contribution in [2.24, 2.45) is 0 Å². The molecule has 1 saturated carbocycles. The van der Waals surface area contributed by atoms with Crippen molar-refractivity contribution in [2.75, 3.05) is 0 Å². The number of rotatable bonds is 3. The normalized spacial score (nSPS) is 20.2. The first-order valence-corrected chi connectivity index (χ1v) is 8.81. The number of carbonyl (C=O) groups excluding carboxylic acids is 3. The summed E-state index contributed by atoms with van der Waals surface area (Å²) >= 11 is 1.51. The van der Waals surface area contributed by atoms with Crippen molar-refractivity contribution < 1.29 is 14.4 Å². The molecule has 0 atom stereocenters. The van der Waals surface area contributed by atoms with E-state index in [2.05, 4.69) is 25.8 Å². The Hall–Kier alpha value is -1.76. The molecule has 0 N–H and O–H groups in total. The van der Waals surface area contributed by atoms with Crippen molar-refractivity contribution in [1.82, 2.24) is 14.8 Å². The molecular formula is C16H21N3O3S. The van der Waals surface area contributed by atoms with Crippen LogP contribution in [-0.4, -0.2) is 38.7 Å². The maximum Gasteiger partial charge on any atom is 0.334 e. The highest BCUT2D eigenvalue weighted by molar-refractivity contribution is 7.09. The first-order chi connectivity index (χ1) is 10.8. The average Bonchev–Trinajstić information content (AvgIpc) is 3.17. The molecule has 1 aromatic heterocycles. The standard InChI is InChI=1S/C16H21N3O3S/c1-16(2,3)14-17-10(9-23-14)8-18-12(20)13(21)19(15(18)22)11-6-4-5-7-11/h9,11H,4-8H2,1-3H3. The molecule has 0 aromatic carbocycles. The van der Waals surface area contributed by atoms with Gasteiger partial charge in [0.25, 0.3) is 0 Å². The van der Waals surface area contributed by atoms with Crippen LogP contribution in [-0.2, 0) is 21.5 Å². The molecule has 2 heterocycles. The highest BCUT2D eigenvalue weighted by Crippen LogP contribution is 2.30. The first kappa shape index (κ1) is 16.1. The fourth-order valence-corrected chi connectivity index (χ4v) is 3.93. The molecule has 7 heteroatoms. The van der Waals surface area contributed by atoms with Crippen LogP contribution in [0.15, 0.2) is 5.38 Å². The molecule has 124 valence electrons. The lowest BCUT2D eigenvalue weighted by atomic mass is 9.98. The molecule has 23 heavy (non-hydrogen) atoms. The number of hydrogen-bond acceptors (Lipinski definition) is 5. The number of imide groups is 2. The van der Waals surface area contributed by atoms with E-state index in [1.807, 2.05) is 5.38 Å². The molecule has 0 unspecified atom stereocenters. The van der Waals surface area contributed by atoms with Crippen LogP contribution in [0.1, 0.15) is 57.2 Å². The summed E-state index contributed by atoms with van der Waals surface area (Å²) in [5, 5.41) is 2.80. The van der Waals surface area contributed by atoms with Crippen LogP contribution in [0, 0.1) is 0 Å². The second-order valence-corrected chi connectivity index (χ2v) is 8.04. The summed E-state index contributed by atoms with van der Waals surface area (Å²) in [7, 11) is 0. The van der Waals surface area contributed by atoms with Gasteiger partial charge in [-0.2, -0.15) is 0 Å². The fraction of sp³-hybridized carbons (Fsp3) is 0.625. The van der Waals surface area contributed by atoms with Crippen LogP contribution in [0.3, 0.4) is 0 Å². The van der Waals surface area contributed by atoms with E-state index in [1.54, 1.807) is 0 Å². The molecule has 4 amide bonds. The third kappa shape index (κ3) is 2.89. The van der Waals surface area contributed by atoms with Crippen molar-refractivity contribution in [3.05, 3.63) is 16.1 Å². The van der Waals surface area contributed by atoms with Crippen LogP contribution in [0.2, 0.25) is 0 Å². The van der Waals surface area contributed by atoms with E-state index in [-0.39, 0.29) is 18.0 Å². The van der Waals surface area contributed by atoms with Crippen molar-refractivity contribution in [3.63, 3.8) is 0 Å². The van der Waals surface area contributed by atoms with Gasteiger partial charge in [0.2, 0.25) is 0 Å². The Kier molecular flexibility index (Phi) is 4.00. The summed E-state index contributed by atoms with van der Waals surface area (Å²) in [5.41, 5.74) is 0.580. The number of hydrogen-bond donors (Lipinski definition) is 0. The van der Waals surface area contributed by atoms with Gasteiger partial charge < -0.3 is 0 Å². The first-order valence-electron chi connectivity index (χ1n) is 7.93. The molecule has 6 nitrogen and oxygen atoms in total. The summed E-state index contributed by atoms with van der Waals surface area (Å²) in [6.45, 7) is 6.26. The lowest BCUT2D eigenvalue weighted by Gasteiger charge is -2.20. The molecule has 2 aliphatic rings. The Labute approximate surface area is 139 Å². The maximum atomic E-state index is 12.5. The van der Waals surface area contributed by atoms with Crippen molar-refractivity contribution in [2.45, 2.75) is 64.5 Å². The molecule has 1 aliphatic heterocycles. The quantitative estimate of drug-likeness (QED) is 0.629. The lowest BCUT2D eigenvalue weighted by Crippen LogP contribution is -2.39. The molecule has 0 radical (unpaired) electrons. The van der Waals surface area contributed by atoms with Crippen molar-refractivity contribution >= 4 is 29.2 Å². The number of thiazole rings is 1. The minimum atomic E-state index is -0.729. The van der Waals surface area contributed by atoms with Gasteiger partial charge in [0.1, 0.15) is 0 Å². The number of amides is 4. The van der Waals surface area contributed by atoms with Gasteiger partial charge in [0, 0.05) is 16.8 Å². The largest absolute Gasteiger partial charge is 0.334 e. The predicted octanol–water partition coefficient (Wildman–Crippen LogP) is 2.67. The summed E-state index contributed by atoms with van der Waals surface area (Å²) in [4.78, 5) is 43.5. The molecule has 1 saturated heterocycles. The Morgan fingerprint density at radius 3 is 2.39 bits per heavy atom. The Bertz CT molecular complexity index is 656. The molecule has 2 fully saturated rings. The minimum absolute atomic E-state index is 0.0687. The van der Waals surface area contributed by atoms with Gasteiger partial charge in [-0.15, -0.1) is 11.3 Å². The number of nitrogens with zero attached hydrogens (tertiary/aromatic N) is 3. The van der Waals surface area contributed by atoms with Gasteiger partial charge >= 0.3 is 17.8 Å². The van der Waals surface area contributed by atoms with Crippen molar-refractivity contribution in [3.8, 4) is 0 Å². The Morgan fingerprint density at radius 2 is 1.83 bits per heavy atom. The van der Waals surface area contributed by atoms with E-state index in [9.17, 15) is 14.4 Å². The van der Waals surface area contributed by atoms with E-state index in [0.717, 1.165) is 40.5 Å². The monoisotopic (exact) mass is 335 g/mol. The van der Waals surface area contributed by atoms with Crippen LogP contribution in [0.25, 0.3) is 0 Å². The second kappa shape index (κ2) is 5.70. The molecule has 0 spiro atoms. The molecular weight excluding hydrogens is 314 g/mol. The summed E-state index contributed by atoms with van der Waals surface area (Å²) in [5.74, 6) is -1.42. The smallest absolute Gasteiger partial charge is 0.263 e. The van der Waals surface area contributed by atoms with Gasteiger partial charge in [0.05, 0.1) is 17.2 Å². The van der Waals surface area contributed by atoms with E-state index in [0.29, 0.717) is 5.69 Å². The summed E-state index contributed by atoms with van der Waals surface area (Å²) < 4.78 is 0. The second-order valence-electron chi connectivity index (χ2n) is 7.18. The average molecular weight is 335 g/mol. The van der Waals surface area contributed by atoms with E-state index < -0.39 is 17.8 Å². The zero-order chi connectivity index (χ0) is 16.8. The maximum absolute atomic E-state index is 12.5. The Balaban J connectivity index is 1.77. The van der Waals surface area contributed by atoms with E-state index in [4.69, 9.17) is 0 Å². The van der Waals surface area contributed by atoms with Crippen LogP contribution in [0.4, 0.5) is 4.79 Å². The highest BCUT2D eigenvalue weighted by Gasteiger charge is 2.48. The minimum Gasteiger partial charge on any atom is -0.263 e. The van der Waals surface area contributed by atoms with E-state index >= 15 is 0 Å². The SMILES string of the molecule is CC(C)(C)c1nc(CN2C(=O)C(=O)N(C3CCCC3)C2=O)cs1. The predicted molar refractivity (Wildman–Crippen MR) is 85.9 cm³/mol. The van der Waals surface area contributed by atoms with Crippen LogP contribution >= 0.6 is 11.3 Å². The van der Waals surface area contributed by atoms with Gasteiger partial charge in [-0.25, -0.2) is 14.7 Å². The lowest BCUT2D eigenvalue weighted by molar-refractivity contribution is -0.144. The fourth-order valence-electron chi connectivity index (χ4n) is 3.03. The molecule has 1 aromatic rings. The van der Waals surface area contributed by atoms with Gasteiger partial charge in [-0.05, 0) is 12.8 Å². The number of urea groups is 1. The van der Waals surface area contributed by atoms with Crippen LogP contribution in [0.5, 0.6) is 0 Å². The van der Waals surface area contributed by atoms with Crippen LogP contribution < -0.4 is 0 Å². The Morgan fingerprint density at radius 1 is 1.17 bits per heavy atom. The molecule has 3 rings (SSSR count). The van der Waals surface area contributed by atoms with Gasteiger partial charge in [0.15, 0.2) is 0 Å².